The van der Waals surface area contributed by atoms with E-state index < -0.39 is 17.5 Å². The van der Waals surface area contributed by atoms with Crippen LogP contribution in [0, 0.1) is 0 Å². The first kappa shape index (κ1) is 21.4. The molecule has 3 N–H and O–H groups in total. The van der Waals surface area contributed by atoms with Crippen LogP contribution in [0.4, 0.5) is 0 Å². The third kappa shape index (κ3) is 3.92. The van der Waals surface area contributed by atoms with Gasteiger partial charge in [-0.05, 0) is 39.9 Å². The molecule has 0 aromatic heterocycles. The van der Waals surface area contributed by atoms with Gasteiger partial charge in [0.15, 0.2) is 0 Å². The molecule has 7 heteroatoms. The Balaban J connectivity index is 1.57. The molecule has 0 saturated carbocycles. The highest BCUT2D eigenvalue weighted by Crippen LogP contribution is 2.44. The van der Waals surface area contributed by atoms with Crippen molar-refractivity contribution in [3.63, 3.8) is 0 Å². The van der Waals surface area contributed by atoms with Crippen molar-refractivity contribution in [3.05, 3.63) is 93.5 Å². The Kier molecular flexibility index (Phi) is 5.75. The van der Waals surface area contributed by atoms with E-state index in [4.69, 9.17) is 33.7 Å². The van der Waals surface area contributed by atoms with Crippen LogP contribution in [0.3, 0.4) is 0 Å². The molecule has 0 amide bonds. The van der Waals surface area contributed by atoms with Crippen molar-refractivity contribution in [2.45, 2.75) is 17.9 Å². The standard InChI is InChI=1S/C24H19Cl2NO4/c25-15-10-9-14(21(26)11-15)12-24(27,22(28)29)23(30)31-13-20-18-7-3-1-5-16(18)17-6-2-4-8-19(17)20/h1-11,20H,12-13,27H2,(H,28,29)/t24-/m0/s1. The maximum atomic E-state index is 12.9. The molecule has 158 valence electrons. The Labute approximate surface area is 189 Å². The second-order valence-corrected chi connectivity index (χ2v) is 8.36. The van der Waals surface area contributed by atoms with E-state index >= 15 is 0 Å². The molecule has 0 radical (unpaired) electrons. The van der Waals surface area contributed by atoms with Gasteiger partial charge in [0.25, 0.3) is 0 Å². The zero-order chi connectivity index (χ0) is 22.2. The van der Waals surface area contributed by atoms with Crippen LogP contribution in [0.15, 0.2) is 66.7 Å². The summed E-state index contributed by atoms with van der Waals surface area (Å²) in [6, 6.07) is 20.3. The minimum absolute atomic E-state index is 0.0204. The smallest absolute Gasteiger partial charge is 0.338 e. The quantitative estimate of drug-likeness (QED) is 0.416. The summed E-state index contributed by atoms with van der Waals surface area (Å²) >= 11 is 12.0. The molecule has 3 aromatic carbocycles. The van der Waals surface area contributed by atoms with Crippen LogP contribution in [-0.4, -0.2) is 29.2 Å². The number of rotatable bonds is 6. The first-order valence-electron chi connectivity index (χ1n) is 9.63. The van der Waals surface area contributed by atoms with Gasteiger partial charge >= 0.3 is 11.9 Å². The molecule has 0 bridgehead atoms. The number of nitrogens with two attached hydrogens (primary N) is 1. The Morgan fingerprint density at radius 1 is 0.968 bits per heavy atom. The number of ether oxygens (including phenoxy) is 1. The van der Waals surface area contributed by atoms with Crippen LogP contribution in [0.5, 0.6) is 0 Å². The molecule has 4 rings (SSSR count). The Bertz CT molecular complexity index is 1130. The number of carboxylic acid groups (broad SMARTS) is 1. The third-order valence-electron chi connectivity index (χ3n) is 5.57. The van der Waals surface area contributed by atoms with Gasteiger partial charge in [0, 0.05) is 22.4 Å². The van der Waals surface area contributed by atoms with Crippen molar-refractivity contribution in [2.24, 2.45) is 5.73 Å². The molecule has 31 heavy (non-hydrogen) atoms. The van der Waals surface area contributed by atoms with Gasteiger partial charge in [-0.3, -0.25) is 0 Å². The van der Waals surface area contributed by atoms with Crippen LogP contribution >= 0.6 is 23.2 Å². The number of carbonyl (C=O) groups excluding carboxylic acids is 1. The molecule has 0 unspecified atom stereocenters. The van der Waals surface area contributed by atoms with E-state index in [0.717, 1.165) is 22.3 Å². The predicted octanol–water partition coefficient (Wildman–Crippen LogP) is 4.67. The Morgan fingerprint density at radius 2 is 1.55 bits per heavy atom. The lowest BCUT2D eigenvalue weighted by Crippen LogP contribution is -2.57. The van der Waals surface area contributed by atoms with Gasteiger partial charge in [-0.2, -0.15) is 0 Å². The third-order valence-corrected chi connectivity index (χ3v) is 6.16. The summed E-state index contributed by atoms with van der Waals surface area (Å²) in [7, 11) is 0. The molecule has 1 aliphatic carbocycles. The van der Waals surface area contributed by atoms with Gasteiger partial charge in [-0.25, -0.2) is 9.59 Å². The first-order chi connectivity index (χ1) is 14.8. The van der Waals surface area contributed by atoms with E-state index in [1.807, 2.05) is 48.5 Å². The van der Waals surface area contributed by atoms with Crippen molar-refractivity contribution in [3.8, 4) is 11.1 Å². The minimum Gasteiger partial charge on any atom is -0.479 e. The fourth-order valence-corrected chi connectivity index (χ4v) is 4.40. The molecule has 0 aliphatic heterocycles. The lowest BCUT2D eigenvalue weighted by atomic mass is 9.91. The number of carbonyl (C=O) groups is 2. The van der Waals surface area contributed by atoms with Crippen LogP contribution in [0.2, 0.25) is 10.0 Å². The molecule has 5 nitrogen and oxygen atoms in total. The monoisotopic (exact) mass is 455 g/mol. The normalized spacial score (nSPS) is 14.4. The molecule has 0 heterocycles. The van der Waals surface area contributed by atoms with Crippen molar-refractivity contribution in [1.82, 2.24) is 0 Å². The number of esters is 1. The van der Waals surface area contributed by atoms with Gasteiger partial charge in [-0.1, -0.05) is 77.8 Å². The highest BCUT2D eigenvalue weighted by Gasteiger charge is 2.45. The summed E-state index contributed by atoms with van der Waals surface area (Å²) in [6.07, 6.45) is -0.324. The van der Waals surface area contributed by atoms with Crippen molar-refractivity contribution < 1.29 is 19.4 Å². The van der Waals surface area contributed by atoms with Gasteiger partial charge in [0.2, 0.25) is 5.54 Å². The van der Waals surface area contributed by atoms with Crippen LogP contribution in [0.25, 0.3) is 11.1 Å². The van der Waals surface area contributed by atoms with E-state index in [9.17, 15) is 14.7 Å². The lowest BCUT2D eigenvalue weighted by Gasteiger charge is -2.24. The van der Waals surface area contributed by atoms with Gasteiger partial charge in [0.1, 0.15) is 6.61 Å². The molecular weight excluding hydrogens is 437 g/mol. The fraction of sp³-hybridized carbons (Fsp3) is 0.167. The van der Waals surface area contributed by atoms with Crippen LogP contribution < -0.4 is 5.73 Å². The molecule has 0 spiro atoms. The molecule has 1 atom stereocenters. The first-order valence-corrected chi connectivity index (χ1v) is 10.4. The Morgan fingerprint density at radius 3 is 2.10 bits per heavy atom. The highest BCUT2D eigenvalue weighted by atomic mass is 35.5. The second kappa shape index (κ2) is 8.35. The van der Waals surface area contributed by atoms with E-state index in [0.29, 0.717) is 10.6 Å². The van der Waals surface area contributed by atoms with E-state index in [-0.39, 0.29) is 24.0 Å². The largest absolute Gasteiger partial charge is 0.479 e. The van der Waals surface area contributed by atoms with Crippen molar-refractivity contribution >= 4 is 35.1 Å². The zero-order valence-corrected chi connectivity index (χ0v) is 17.9. The van der Waals surface area contributed by atoms with Gasteiger partial charge in [0.05, 0.1) is 0 Å². The summed E-state index contributed by atoms with van der Waals surface area (Å²) in [5, 5.41) is 10.3. The Hall–Kier alpha value is -2.86. The number of benzene rings is 3. The molecule has 0 saturated heterocycles. The predicted molar refractivity (Wildman–Crippen MR) is 119 cm³/mol. The summed E-state index contributed by atoms with van der Waals surface area (Å²) < 4.78 is 5.49. The van der Waals surface area contributed by atoms with Gasteiger partial charge in [-0.15, -0.1) is 0 Å². The highest BCUT2D eigenvalue weighted by molar-refractivity contribution is 6.35. The molecule has 0 fully saturated rings. The average Bonchev–Trinajstić information content (AvgIpc) is 3.07. The number of fused-ring (bicyclic) bond motifs is 3. The molecular formula is C24H19Cl2NO4. The number of hydrogen-bond acceptors (Lipinski definition) is 4. The summed E-state index contributed by atoms with van der Waals surface area (Å²) in [5.74, 6) is -2.71. The summed E-state index contributed by atoms with van der Waals surface area (Å²) in [6.45, 7) is -0.0204. The maximum absolute atomic E-state index is 12.9. The topological polar surface area (TPSA) is 89.6 Å². The van der Waals surface area contributed by atoms with Gasteiger partial charge < -0.3 is 15.6 Å². The fourth-order valence-electron chi connectivity index (χ4n) is 3.93. The maximum Gasteiger partial charge on any atom is 0.338 e. The SMILES string of the molecule is N[C@@](Cc1ccc(Cl)cc1Cl)(C(=O)O)C(=O)OCC1c2ccccc2-c2ccccc21. The van der Waals surface area contributed by atoms with E-state index in [1.165, 1.54) is 6.07 Å². The second-order valence-electron chi connectivity index (χ2n) is 7.51. The number of aliphatic carboxylic acids is 1. The van der Waals surface area contributed by atoms with Crippen molar-refractivity contribution in [1.29, 1.82) is 0 Å². The zero-order valence-electron chi connectivity index (χ0n) is 16.3. The number of carboxylic acids is 1. The molecule has 1 aliphatic rings. The van der Waals surface area contributed by atoms with E-state index in [1.54, 1.807) is 12.1 Å². The van der Waals surface area contributed by atoms with Crippen LogP contribution in [0.1, 0.15) is 22.6 Å². The summed E-state index contributed by atoms with van der Waals surface area (Å²) in [4.78, 5) is 24.8. The van der Waals surface area contributed by atoms with E-state index in [2.05, 4.69) is 0 Å². The number of halogens is 2. The van der Waals surface area contributed by atoms with Crippen LogP contribution in [-0.2, 0) is 20.7 Å². The minimum atomic E-state index is -2.28. The lowest BCUT2D eigenvalue weighted by molar-refractivity contribution is -0.161. The summed E-state index contributed by atoms with van der Waals surface area (Å²) in [5.41, 5.74) is 8.34. The van der Waals surface area contributed by atoms with Crippen molar-refractivity contribution in [2.75, 3.05) is 6.61 Å². The average molecular weight is 456 g/mol. The molecule has 3 aromatic rings. The number of hydrogen-bond donors (Lipinski definition) is 2.